The highest BCUT2D eigenvalue weighted by molar-refractivity contribution is 7.91. The van der Waals surface area contributed by atoms with Gasteiger partial charge in [0.15, 0.2) is 9.84 Å². The summed E-state index contributed by atoms with van der Waals surface area (Å²) in [5.74, 6) is 0.172. The number of esters is 1. The Kier molecular flexibility index (Phi) is 5.81. The molecule has 0 unspecified atom stereocenters. The van der Waals surface area contributed by atoms with Crippen molar-refractivity contribution in [3.05, 3.63) is 11.6 Å². The summed E-state index contributed by atoms with van der Waals surface area (Å²) in [7, 11) is -1.51. The molecule has 0 bridgehead atoms. The van der Waals surface area contributed by atoms with Crippen LogP contribution >= 0.6 is 0 Å². The molecule has 18 heavy (non-hydrogen) atoms. The largest absolute Gasteiger partial charge is 0.466 e. The summed E-state index contributed by atoms with van der Waals surface area (Å²) in [5.41, 5.74) is 0.643. The van der Waals surface area contributed by atoms with E-state index in [0.29, 0.717) is 31.5 Å². The first kappa shape index (κ1) is 15.2. The minimum Gasteiger partial charge on any atom is -0.466 e. The van der Waals surface area contributed by atoms with Gasteiger partial charge in [0.05, 0.1) is 18.6 Å². The van der Waals surface area contributed by atoms with E-state index in [1.54, 1.807) is 0 Å². The van der Waals surface area contributed by atoms with Crippen LogP contribution in [0.25, 0.3) is 0 Å². The van der Waals surface area contributed by atoms with Gasteiger partial charge in [0.1, 0.15) is 0 Å². The normalized spacial score (nSPS) is 21.3. The lowest BCUT2D eigenvalue weighted by molar-refractivity contribution is -0.136. The third-order valence-electron chi connectivity index (χ3n) is 3.07. The maximum absolute atomic E-state index is 11.4. The molecule has 0 radical (unpaired) electrons. The van der Waals surface area contributed by atoms with Gasteiger partial charge in [-0.25, -0.2) is 13.2 Å². The van der Waals surface area contributed by atoms with E-state index >= 15 is 0 Å². The van der Waals surface area contributed by atoms with Crippen LogP contribution in [-0.4, -0.2) is 57.5 Å². The number of nitrogens with zero attached hydrogens (tertiary/aromatic N) is 1. The second-order valence-electron chi connectivity index (χ2n) is 4.38. The second kappa shape index (κ2) is 6.89. The maximum Gasteiger partial charge on any atom is 0.333 e. The lowest BCUT2D eigenvalue weighted by Crippen LogP contribution is -2.27. The summed E-state index contributed by atoms with van der Waals surface area (Å²) in [4.78, 5) is 13.4. The molecule has 0 aliphatic carbocycles. The number of carbonyl (C=O) groups is 1. The SMILES string of the molecule is CCC(=CCN1CCCS(=O)(=O)CC1)C(=O)OC. The van der Waals surface area contributed by atoms with Gasteiger partial charge >= 0.3 is 5.97 Å². The smallest absolute Gasteiger partial charge is 0.333 e. The number of hydrogen-bond acceptors (Lipinski definition) is 5. The molecule has 104 valence electrons. The Hall–Kier alpha value is -0.880. The van der Waals surface area contributed by atoms with Gasteiger partial charge in [-0.05, 0) is 19.4 Å². The molecule has 1 heterocycles. The van der Waals surface area contributed by atoms with Crippen molar-refractivity contribution in [2.24, 2.45) is 0 Å². The number of sulfone groups is 1. The van der Waals surface area contributed by atoms with Crippen LogP contribution in [0, 0.1) is 0 Å². The molecule has 1 aliphatic rings. The monoisotopic (exact) mass is 275 g/mol. The Labute approximate surface area is 109 Å². The van der Waals surface area contributed by atoms with E-state index in [1.807, 2.05) is 13.0 Å². The third kappa shape index (κ3) is 4.78. The van der Waals surface area contributed by atoms with Crippen molar-refractivity contribution >= 4 is 15.8 Å². The van der Waals surface area contributed by atoms with Crippen molar-refractivity contribution in [2.75, 3.05) is 38.2 Å². The van der Waals surface area contributed by atoms with Crippen molar-refractivity contribution in [1.82, 2.24) is 4.90 Å². The summed E-state index contributed by atoms with van der Waals surface area (Å²) in [5, 5.41) is 0. The fourth-order valence-electron chi connectivity index (χ4n) is 1.92. The maximum atomic E-state index is 11.4. The molecular weight excluding hydrogens is 254 g/mol. The van der Waals surface area contributed by atoms with E-state index in [0.717, 1.165) is 6.54 Å². The van der Waals surface area contributed by atoms with Crippen LogP contribution in [0.4, 0.5) is 0 Å². The van der Waals surface area contributed by atoms with Crippen molar-refractivity contribution < 1.29 is 17.9 Å². The molecular formula is C12H21NO4S. The van der Waals surface area contributed by atoms with Crippen LogP contribution in [-0.2, 0) is 19.4 Å². The topological polar surface area (TPSA) is 63.7 Å². The predicted octanol–water partition coefficient (Wildman–Crippen LogP) is 0.616. The van der Waals surface area contributed by atoms with E-state index in [9.17, 15) is 13.2 Å². The van der Waals surface area contributed by atoms with Crippen LogP contribution in [0.15, 0.2) is 11.6 Å². The summed E-state index contributed by atoms with van der Waals surface area (Å²) >= 11 is 0. The number of ether oxygens (including phenoxy) is 1. The van der Waals surface area contributed by atoms with Crippen LogP contribution in [0.3, 0.4) is 0 Å². The van der Waals surface area contributed by atoms with Crippen molar-refractivity contribution in [1.29, 1.82) is 0 Å². The number of hydrogen-bond donors (Lipinski definition) is 0. The molecule has 0 amide bonds. The molecule has 0 aromatic heterocycles. The summed E-state index contributed by atoms with van der Waals surface area (Å²) < 4.78 is 27.6. The van der Waals surface area contributed by atoms with Gasteiger partial charge < -0.3 is 4.74 Å². The molecule has 0 saturated carbocycles. The Morgan fingerprint density at radius 3 is 2.67 bits per heavy atom. The van der Waals surface area contributed by atoms with Gasteiger partial charge in [0.2, 0.25) is 0 Å². The standard InChI is InChI=1S/C12H21NO4S/c1-3-11(12(14)17-2)5-7-13-6-4-9-18(15,16)10-8-13/h5H,3-4,6-10H2,1-2H3. The van der Waals surface area contributed by atoms with E-state index < -0.39 is 9.84 Å². The number of methoxy groups -OCH3 is 1. The second-order valence-corrected chi connectivity index (χ2v) is 6.68. The van der Waals surface area contributed by atoms with Crippen molar-refractivity contribution in [3.8, 4) is 0 Å². The molecule has 0 N–H and O–H groups in total. The lowest BCUT2D eigenvalue weighted by atomic mass is 10.2. The van der Waals surface area contributed by atoms with Crippen LogP contribution in [0.5, 0.6) is 0 Å². The third-order valence-corrected chi connectivity index (χ3v) is 4.79. The summed E-state index contributed by atoms with van der Waals surface area (Å²) in [6, 6.07) is 0. The van der Waals surface area contributed by atoms with Gasteiger partial charge in [0.25, 0.3) is 0 Å². The van der Waals surface area contributed by atoms with E-state index in [4.69, 9.17) is 0 Å². The quantitative estimate of drug-likeness (QED) is 0.556. The van der Waals surface area contributed by atoms with E-state index in [-0.39, 0.29) is 17.5 Å². The number of carbonyl (C=O) groups excluding carboxylic acids is 1. The molecule has 0 aromatic carbocycles. The number of rotatable bonds is 4. The Morgan fingerprint density at radius 1 is 1.33 bits per heavy atom. The Balaban J connectivity index is 2.57. The first-order valence-corrected chi connectivity index (χ1v) is 8.00. The zero-order valence-corrected chi connectivity index (χ0v) is 11.8. The van der Waals surface area contributed by atoms with Crippen LogP contribution in [0.1, 0.15) is 19.8 Å². The Morgan fingerprint density at radius 2 is 2.06 bits per heavy atom. The minimum absolute atomic E-state index is 0.209. The summed E-state index contributed by atoms with van der Waals surface area (Å²) in [6.07, 6.45) is 3.12. The van der Waals surface area contributed by atoms with Gasteiger partial charge in [-0.2, -0.15) is 0 Å². The average molecular weight is 275 g/mol. The molecule has 1 rings (SSSR count). The molecule has 1 fully saturated rings. The molecule has 1 aliphatic heterocycles. The molecule has 0 aromatic rings. The zero-order chi connectivity index (χ0) is 13.6. The van der Waals surface area contributed by atoms with Crippen molar-refractivity contribution in [3.63, 3.8) is 0 Å². The van der Waals surface area contributed by atoms with Crippen LogP contribution in [0.2, 0.25) is 0 Å². The summed E-state index contributed by atoms with van der Waals surface area (Å²) in [6.45, 7) is 3.80. The molecule has 0 atom stereocenters. The fourth-order valence-corrected chi connectivity index (χ4v) is 3.22. The first-order valence-electron chi connectivity index (χ1n) is 6.18. The lowest BCUT2D eigenvalue weighted by Gasteiger charge is -2.17. The van der Waals surface area contributed by atoms with Gasteiger partial charge in [-0.3, -0.25) is 4.90 Å². The van der Waals surface area contributed by atoms with Crippen LogP contribution < -0.4 is 0 Å². The Bertz CT molecular complexity index is 414. The molecule has 5 nitrogen and oxygen atoms in total. The highest BCUT2D eigenvalue weighted by Gasteiger charge is 2.18. The van der Waals surface area contributed by atoms with Gasteiger partial charge in [-0.1, -0.05) is 13.0 Å². The molecule has 0 spiro atoms. The van der Waals surface area contributed by atoms with Crippen molar-refractivity contribution in [2.45, 2.75) is 19.8 Å². The molecule has 1 saturated heterocycles. The fraction of sp³-hybridized carbons (Fsp3) is 0.750. The minimum atomic E-state index is -2.87. The predicted molar refractivity (Wildman–Crippen MR) is 70.1 cm³/mol. The highest BCUT2D eigenvalue weighted by atomic mass is 32.2. The van der Waals surface area contributed by atoms with E-state index in [1.165, 1.54) is 7.11 Å². The first-order chi connectivity index (χ1) is 8.48. The van der Waals surface area contributed by atoms with E-state index in [2.05, 4.69) is 9.64 Å². The highest BCUT2D eigenvalue weighted by Crippen LogP contribution is 2.07. The molecule has 6 heteroatoms. The zero-order valence-electron chi connectivity index (χ0n) is 11.0. The van der Waals surface area contributed by atoms with Gasteiger partial charge in [0, 0.05) is 18.7 Å². The van der Waals surface area contributed by atoms with Gasteiger partial charge in [-0.15, -0.1) is 0 Å². The average Bonchev–Trinajstić information content (AvgIpc) is 2.51.